The third-order valence-electron chi connectivity index (χ3n) is 2.81. The van der Waals surface area contributed by atoms with Gasteiger partial charge in [0.15, 0.2) is 0 Å². The lowest BCUT2D eigenvalue weighted by Gasteiger charge is -2.15. The molecule has 1 atom stereocenters. The van der Waals surface area contributed by atoms with Crippen LogP contribution in [0, 0.1) is 18.6 Å². The molecular weight excluding hydrogens is 401 g/mol. The van der Waals surface area contributed by atoms with Crippen molar-refractivity contribution in [3.63, 3.8) is 0 Å². The summed E-state index contributed by atoms with van der Waals surface area (Å²) in [6.07, 6.45) is 0. The zero-order valence-electron chi connectivity index (χ0n) is 9.85. The lowest BCUT2D eigenvalue weighted by Crippen LogP contribution is -1.99. The number of benzene rings is 2. The molecule has 0 radical (unpaired) electrons. The standard InChI is InChI=1S/C14H9Br2ClF2/c1-7-5-9(11(17)6-12(7)18)13(16)8-3-2-4-10(15)14(8)19/h2-6,13H,1H3. The van der Waals surface area contributed by atoms with Gasteiger partial charge in [-0.25, -0.2) is 8.78 Å². The van der Waals surface area contributed by atoms with Crippen LogP contribution in [0.3, 0.4) is 0 Å². The van der Waals surface area contributed by atoms with E-state index in [0.29, 0.717) is 21.2 Å². The van der Waals surface area contributed by atoms with Crippen LogP contribution < -0.4 is 0 Å². The zero-order chi connectivity index (χ0) is 14.2. The van der Waals surface area contributed by atoms with Crippen LogP contribution >= 0.6 is 43.5 Å². The number of rotatable bonds is 2. The van der Waals surface area contributed by atoms with Gasteiger partial charge in [0.05, 0.1) is 9.30 Å². The van der Waals surface area contributed by atoms with E-state index in [1.807, 2.05) is 0 Å². The van der Waals surface area contributed by atoms with E-state index in [1.165, 1.54) is 6.07 Å². The van der Waals surface area contributed by atoms with Crippen LogP contribution in [0.5, 0.6) is 0 Å². The molecular formula is C14H9Br2ClF2. The van der Waals surface area contributed by atoms with Gasteiger partial charge in [-0.15, -0.1) is 0 Å². The number of alkyl halides is 1. The van der Waals surface area contributed by atoms with Crippen LogP contribution in [-0.4, -0.2) is 0 Å². The fraction of sp³-hybridized carbons (Fsp3) is 0.143. The summed E-state index contributed by atoms with van der Waals surface area (Å²) in [5.74, 6) is -0.731. The van der Waals surface area contributed by atoms with Gasteiger partial charge >= 0.3 is 0 Å². The number of aryl methyl sites for hydroxylation is 1. The molecule has 0 aliphatic carbocycles. The second-order valence-electron chi connectivity index (χ2n) is 4.13. The normalized spacial score (nSPS) is 12.5. The summed E-state index contributed by atoms with van der Waals surface area (Å²) in [6, 6.07) is 7.89. The fourth-order valence-corrected chi connectivity index (χ4v) is 3.26. The molecule has 2 rings (SSSR count). The van der Waals surface area contributed by atoms with E-state index in [-0.39, 0.29) is 16.7 Å². The molecule has 0 saturated carbocycles. The predicted molar refractivity (Wildman–Crippen MR) is 81.0 cm³/mol. The molecule has 0 aliphatic heterocycles. The molecule has 100 valence electrons. The van der Waals surface area contributed by atoms with Crippen molar-refractivity contribution in [3.05, 3.63) is 68.2 Å². The number of hydrogen-bond donors (Lipinski definition) is 0. The van der Waals surface area contributed by atoms with E-state index in [4.69, 9.17) is 11.6 Å². The Morgan fingerprint density at radius 1 is 1.16 bits per heavy atom. The Balaban J connectivity index is 2.53. The van der Waals surface area contributed by atoms with Crippen LogP contribution in [0.1, 0.15) is 21.5 Å². The van der Waals surface area contributed by atoms with Gasteiger partial charge in [-0.1, -0.05) is 45.7 Å². The minimum atomic E-state index is -0.434. The van der Waals surface area contributed by atoms with Gasteiger partial charge < -0.3 is 0 Å². The van der Waals surface area contributed by atoms with Crippen LogP contribution in [0.4, 0.5) is 8.78 Å². The highest BCUT2D eigenvalue weighted by molar-refractivity contribution is 9.10. The van der Waals surface area contributed by atoms with Crippen molar-refractivity contribution in [2.45, 2.75) is 11.8 Å². The van der Waals surface area contributed by atoms with Crippen molar-refractivity contribution in [1.29, 1.82) is 0 Å². The molecule has 0 nitrogen and oxygen atoms in total. The van der Waals surface area contributed by atoms with Crippen LogP contribution in [0.25, 0.3) is 0 Å². The van der Waals surface area contributed by atoms with E-state index in [0.717, 1.165) is 0 Å². The van der Waals surface area contributed by atoms with Gasteiger partial charge in [-0.05, 0) is 46.1 Å². The monoisotopic (exact) mass is 408 g/mol. The second kappa shape index (κ2) is 5.90. The first kappa shape index (κ1) is 14.9. The van der Waals surface area contributed by atoms with E-state index in [9.17, 15) is 8.78 Å². The lowest BCUT2D eigenvalue weighted by atomic mass is 10.0. The molecule has 2 aromatic carbocycles. The first-order valence-electron chi connectivity index (χ1n) is 5.45. The molecule has 0 aliphatic rings. The molecule has 0 aromatic heterocycles. The van der Waals surface area contributed by atoms with Gasteiger partial charge in [0, 0.05) is 10.6 Å². The van der Waals surface area contributed by atoms with Gasteiger partial charge in [0.2, 0.25) is 0 Å². The summed E-state index contributed by atoms with van der Waals surface area (Å²) in [6.45, 7) is 1.64. The SMILES string of the molecule is Cc1cc(C(Br)c2cccc(Br)c2F)c(Cl)cc1F. The maximum atomic E-state index is 14.1. The second-order valence-corrected chi connectivity index (χ2v) is 6.31. The molecule has 5 heteroatoms. The Kier molecular flexibility index (Phi) is 4.64. The Hall–Kier alpha value is -0.450. The molecule has 2 aromatic rings. The van der Waals surface area contributed by atoms with Crippen molar-refractivity contribution in [1.82, 2.24) is 0 Å². The van der Waals surface area contributed by atoms with Gasteiger partial charge in [-0.2, -0.15) is 0 Å². The van der Waals surface area contributed by atoms with Crippen molar-refractivity contribution >= 4 is 43.5 Å². The van der Waals surface area contributed by atoms with Gasteiger partial charge in [0.25, 0.3) is 0 Å². The predicted octanol–water partition coefficient (Wildman–Crippen LogP) is 6.17. The minimum absolute atomic E-state index is 0.268. The van der Waals surface area contributed by atoms with Crippen molar-refractivity contribution in [2.24, 2.45) is 0 Å². The molecule has 0 spiro atoms. The Morgan fingerprint density at radius 3 is 2.53 bits per heavy atom. The molecule has 0 fully saturated rings. The molecule has 0 saturated heterocycles. The van der Waals surface area contributed by atoms with Crippen molar-refractivity contribution in [3.8, 4) is 0 Å². The fourth-order valence-electron chi connectivity index (χ4n) is 1.76. The average Bonchev–Trinajstić information content (AvgIpc) is 2.36. The van der Waals surface area contributed by atoms with E-state index >= 15 is 0 Å². The summed E-state index contributed by atoms with van der Waals surface area (Å²) in [5.41, 5.74) is 1.55. The topological polar surface area (TPSA) is 0 Å². The maximum absolute atomic E-state index is 14.1. The maximum Gasteiger partial charge on any atom is 0.142 e. The van der Waals surface area contributed by atoms with E-state index in [2.05, 4.69) is 31.9 Å². The largest absolute Gasteiger partial charge is 0.207 e. The lowest BCUT2D eigenvalue weighted by molar-refractivity contribution is 0.606. The van der Waals surface area contributed by atoms with Crippen LogP contribution in [0.2, 0.25) is 5.02 Å². The van der Waals surface area contributed by atoms with Gasteiger partial charge in [-0.3, -0.25) is 0 Å². The molecule has 0 N–H and O–H groups in total. The van der Waals surface area contributed by atoms with E-state index in [1.54, 1.807) is 31.2 Å². The Bertz CT molecular complexity index is 629. The van der Waals surface area contributed by atoms with Crippen molar-refractivity contribution < 1.29 is 8.78 Å². The Labute approximate surface area is 132 Å². The summed E-state index contributed by atoms with van der Waals surface area (Å²) in [5, 5.41) is 0.268. The molecule has 0 amide bonds. The molecule has 1 unspecified atom stereocenters. The first-order chi connectivity index (χ1) is 8.91. The zero-order valence-corrected chi connectivity index (χ0v) is 13.8. The third kappa shape index (κ3) is 3.01. The first-order valence-corrected chi connectivity index (χ1v) is 7.54. The minimum Gasteiger partial charge on any atom is -0.207 e. The van der Waals surface area contributed by atoms with E-state index < -0.39 is 4.83 Å². The number of hydrogen-bond acceptors (Lipinski definition) is 0. The van der Waals surface area contributed by atoms with Gasteiger partial charge in [0.1, 0.15) is 11.6 Å². The molecule has 0 heterocycles. The highest BCUT2D eigenvalue weighted by Gasteiger charge is 2.20. The summed E-state index contributed by atoms with van der Waals surface area (Å²) >= 11 is 12.6. The smallest absolute Gasteiger partial charge is 0.142 e. The molecule has 0 bridgehead atoms. The van der Waals surface area contributed by atoms with Crippen molar-refractivity contribution in [2.75, 3.05) is 0 Å². The quantitative estimate of drug-likeness (QED) is 0.519. The third-order valence-corrected chi connectivity index (χ3v) is 4.73. The average molecular weight is 410 g/mol. The van der Waals surface area contributed by atoms with Crippen LogP contribution in [-0.2, 0) is 0 Å². The highest BCUT2D eigenvalue weighted by atomic mass is 79.9. The number of halogens is 5. The summed E-state index contributed by atoms with van der Waals surface area (Å²) in [7, 11) is 0. The highest BCUT2D eigenvalue weighted by Crippen LogP contribution is 2.38. The summed E-state index contributed by atoms with van der Waals surface area (Å²) in [4.78, 5) is -0.434. The molecule has 19 heavy (non-hydrogen) atoms. The Morgan fingerprint density at radius 2 is 1.84 bits per heavy atom. The summed E-state index contributed by atoms with van der Waals surface area (Å²) < 4.78 is 27.8. The van der Waals surface area contributed by atoms with Crippen LogP contribution in [0.15, 0.2) is 34.8 Å².